The molecular formula is C19H26N4O4. The maximum absolute atomic E-state index is 12.8. The molecule has 0 aliphatic heterocycles. The number of aromatic amines is 1. The normalized spacial score (nSPS) is 11.3. The maximum atomic E-state index is 12.8. The first-order valence-electron chi connectivity index (χ1n) is 8.77. The minimum atomic E-state index is -0.764. The van der Waals surface area contributed by atoms with Crippen LogP contribution in [0.1, 0.15) is 29.8 Å². The highest BCUT2D eigenvalue weighted by molar-refractivity contribution is 6.01. The van der Waals surface area contributed by atoms with Crippen molar-refractivity contribution < 1.29 is 9.53 Å². The van der Waals surface area contributed by atoms with Gasteiger partial charge < -0.3 is 10.5 Å². The molecule has 0 aliphatic rings. The lowest BCUT2D eigenvalue weighted by molar-refractivity contribution is 0.0896. The molecule has 8 heteroatoms. The summed E-state index contributed by atoms with van der Waals surface area (Å²) in [6.45, 7) is 4.91. The number of hydrogen-bond donors (Lipinski definition) is 2. The molecular weight excluding hydrogens is 348 g/mol. The summed E-state index contributed by atoms with van der Waals surface area (Å²) in [5.41, 5.74) is 5.43. The van der Waals surface area contributed by atoms with Gasteiger partial charge in [0.15, 0.2) is 5.78 Å². The third kappa shape index (κ3) is 5.15. The van der Waals surface area contributed by atoms with E-state index in [1.807, 2.05) is 49.1 Å². The summed E-state index contributed by atoms with van der Waals surface area (Å²) in [5.74, 6) is -0.557. The average molecular weight is 374 g/mol. The standard InChI is InChI=1S/C19H26N4O4/c1-13(2)22(11-14-7-5-4-6-8-14)12-15(24)16-17(20)23(9-10-27-3)19(26)21-18(16)25/h4-8,13H,9-12,20H2,1-3H3,(H,21,25,26). The Hall–Kier alpha value is -2.71. The Morgan fingerprint density at radius 1 is 1.26 bits per heavy atom. The fourth-order valence-corrected chi connectivity index (χ4v) is 2.76. The van der Waals surface area contributed by atoms with Crippen LogP contribution in [0.3, 0.4) is 0 Å². The molecule has 1 aromatic carbocycles. The van der Waals surface area contributed by atoms with Crippen molar-refractivity contribution >= 4 is 11.6 Å². The summed E-state index contributed by atoms with van der Waals surface area (Å²) < 4.78 is 6.10. The zero-order valence-corrected chi connectivity index (χ0v) is 15.9. The number of nitrogen functional groups attached to an aromatic ring is 1. The van der Waals surface area contributed by atoms with Gasteiger partial charge in [0.05, 0.1) is 19.7 Å². The van der Waals surface area contributed by atoms with Crippen LogP contribution in [0.25, 0.3) is 0 Å². The van der Waals surface area contributed by atoms with Gasteiger partial charge in [-0.1, -0.05) is 30.3 Å². The van der Waals surface area contributed by atoms with Crippen LogP contribution >= 0.6 is 0 Å². The van der Waals surface area contributed by atoms with Crippen molar-refractivity contribution in [1.29, 1.82) is 0 Å². The van der Waals surface area contributed by atoms with E-state index in [-0.39, 0.29) is 37.1 Å². The summed E-state index contributed by atoms with van der Waals surface area (Å²) in [7, 11) is 1.49. The average Bonchev–Trinajstić information content (AvgIpc) is 2.61. The molecule has 2 rings (SSSR count). The predicted molar refractivity (Wildman–Crippen MR) is 104 cm³/mol. The molecule has 0 bridgehead atoms. The molecule has 1 heterocycles. The van der Waals surface area contributed by atoms with Crippen LogP contribution in [-0.2, 0) is 17.8 Å². The first kappa shape index (κ1) is 20.6. The highest BCUT2D eigenvalue weighted by Gasteiger charge is 2.22. The van der Waals surface area contributed by atoms with Crippen molar-refractivity contribution in [3.63, 3.8) is 0 Å². The number of methoxy groups -OCH3 is 1. The van der Waals surface area contributed by atoms with Crippen molar-refractivity contribution in [3.05, 3.63) is 62.3 Å². The van der Waals surface area contributed by atoms with Crippen molar-refractivity contribution in [2.45, 2.75) is 33.0 Å². The van der Waals surface area contributed by atoms with E-state index in [1.54, 1.807) is 0 Å². The molecule has 0 amide bonds. The molecule has 27 heavy (non-hydrogen) atoms. The zero-order valence-electron chi connectivity index (χ0n) is 15.9. The number of aromatic nitrogens is 2. The van der Waals surface area contributed by atoms with Crippen LogP contribution < -0.4 is 17.0 Å². The number of H-pyrrole nitrogens is 1. The number of carbonyl (C=O) groups is 1. The lowest BCUT2D eigenvalue weighted by Gasteiger charge is -2.26. The number of hydrogen-bond acceptors (Lipinski definition) is 6. The summed E-state index contributed by atoms with van der Waals surface area (Å²) in [4.78, 5) is 41.1. The number of nitrogens with one attached hydrogen (secondary N) is 1. The first-order chi connectivity index (χ1) is 12.8. The monoisotopic (exact) mass is 374 g/mol. The molecule has 0 spiro atoms. The third-order valence-corrected chi connectivity index (χ3v) is 4.34. The van der Waals surface area contributed by atoms with E-state index in [2.05, 4.69) is 4.98 Å². The van der Waals surface area contributed by atoms with Crippen LogP contribution in [0.15, 0.2) is 39.9 Å². The molecule has 1 aromatic heterocycles. The van der Waals surface area contributed by atoms with Gasteiger partial charge in [-0.15, -0.1) is 0 Å². The van der Waals surface area contributed by atoms with Gasteiger partial charge in [-0.05, 0) is 19.4 Å². The van der Waals surface area contributed by atoms with Crippen molar-refractivity contribution in [2.24, 2.45) is 0 Å². The van der Waals surface area contributed by atoms with E-state index in [0.717, 1.165) is 10.1 Å². The van der Waals surface area contributed by atoms with Gasteiger partial charge >= 0.3 is 5.69 Å². The highest BCUT2D eigenvalue weighted by Crippen LogP contribution is 2.11. The highest BCUT2D eigenvalue weighted by atomic mass is 16.5. The van der Waals surface area contributed by atoms with E-state index in [1.165, 1.54) is 7.11 Å². The zero-order chi connectivity index (χ0) is 20.0. The smallest absolute Gasteiger partial charge is 0.330 e. The second-order valence-corrected chi connectivity index (χ2v) is 6.57. The number of Topliss-reactive ketones (excluding diaryl/α,β-unsaturated/α-hetero) is 1. The van der Waals surface area contributed by atoms with Crippen LogP contribution in [0.4, 0.5) is 5.82 Å². The molecule has 0 saturated heterocycles. The SMILES string of the molecule is COCCn1c(N)c(C(=O)CN(Cc2ccccc2)C(C)C)c(=O)[nH]c1=O. The minimum Gasteiger partial charge on any atom is -0.384 e. The van der Waals surface area contributed by atoms with Gasteiger partial charge in [0.2, 0.25) is 0 Å². The Morgan fingerprint density at radius 2 is 1.93 bits per heavy atom. The van der Waals surface area contributed by atoms with Gasteiger partial charge in [0.1, 0.15) is 11.4 Å². The summed E-state index contributed by atoms with van der Waals surface area (Å²) in [6, 6.07) is 9.83. The molecule has 146 valence electrons. The molecule has 0 fully saturated rings. The Kier molecular flexibility index (Phi) is 7.09. The number of carbonyl (C=O) groups excluding carboxylic acids is 1. The number of ether oxygens (including phenoxy) is 1. The predicted octanol–water partition coefficient (Wildman–Crippen LogP) is 0.859. The number of nitrogens with zero attached hydrogens (tertiary/aromatic N) is 2. The molecule has 0 unspecified atom stereocenters. The van der Waals surface area contributed by atoms with E-state index in [4.69, 9.17) is 10.5 Å². The number of benzene rings is 1. The second kappa shape index (κ2) is 9.29. The summed E-state index contributed by atoms with van der Waals surface area (Å²) in [6.07, 6.45) is 0. The molecule has 0 saturated carbocycles. The third-order valence-electron chi connectivity index (χ3n) is 4.34. The summed E-state index contributed by atoms with van der Waals surface area (Å²) >= 11 is 0. The molecule has 3 N–H and O–H groups in total. The molecule has 0 radical (unpaired) electrons. The van der Waals surface area contributed by atoms with Crippen LogP contribution in [0.5, 0.6) is 0 Å². The molecule has 2 aromatic rings. The Labute approximate surface area is 157 Å². The number of nitrogens with two attached hydrogens (primary N) is 1. The number of rotatable bonds is 9. The summed E-state index contributed by atoms with van der Waals surface area (Å²) in [5, 5.41) is 0. The minimum absolute atomic E-state index is 0.0162. The van der Waals surface area contributed by atoms with Gasteiger partial charge in [-0.3, -0.25) is 24.0 Å². The van der Waals surface area contributed by atoms with Crippen LogP contribution in [-0.4, -0.2) is 46.5 Å². The molecule has 0 aliphatic carbocycles. The van der Waals surface area contributed by atoms with Gasteiger partial charge in [0.25, 0.3) is 5.56 Å². The lowest BCUT2D eigenvalue weighted by Crippen LogP contribution is -2.41. The van der Waals surface area contributed by atoms with E-state index >= 15 is 0 Å². The molecule has 8 nitrogen and oxygen atoms in total. The lowest BCUT2D eigenvalue weighted by atomic mass is 10.1. The number of ketones is 1. The van der Waals surface area contributed by atoms with Gasteiger partial charge in [-0.2, -0.15) is 0 Å². The van der Waals surface area contributed by atoms with Crippen LogP contribution in [0, 0.1) is 0 Å². The second-order valence-electron chi connectivity index (χ2n) is 6.57. The Balaban J connectivity index is 2.30. The topological polar surface area (TPSA) is 110 Å². The fraction of sp³-hybridized carbons (Fsp3) is 0.421. The van der Waals surface area contributed by atoms with E-state index in [9.17, 15) is 14.4 Å². The quantitative estimate of drug-likeness (QED) is 0.630. The van der Waals surface area contributed by atoms with Crippen molar-refractivity contribution in [1.82, 2.24) is 14.5 Å². The Morgan fingerprint density at radius 3 is 2.52 bits per heavy atom. The Bertz CT molecular complexity index is 887. The van der Waals surface area contributed by atoms with Crippen molar-refractivity contribution in [3.8, 4) is 0 Å². The molecule has 0 atom stereocenters. The van der Waals surface area contributed by atoms with Gasteiger partial charge in [-0.25, -0.2) is 4.79 Å². The van der Waals surface area contributed by atoms with E-state index < -0.39 is 17.0 Å². The first-order valence-corrected chi connectivity index (χ1v) is 8.77. The largest absolute Gasteiger partial charge is 0.384 e. The van der Waals surface area contributed by atoms with E-state index in [0.29, 0.717) is 6.54 Å². The van der Waals surface area contributed by atoms with Crippen LogP contribution in [0.2, 0.25) is 0 Å². The van der Waals surface area contributed by atoms with Crippen molar-refractivity contribution in [2.75, 3.05) is 26.0 Å². The maximum Gasteiger partial charge on any atom is 0.330 e. The number of anilines is 1. The fourth-order valence-electron chi connectivity index (χ4n) is 2.76. The van der Waals surface area contributed by atoms with Gasteiger partial charge in [0, 0.05) is 19.7 Å².